The molecule has 30 heavy (non-hydrogen) atoms. The van der Waals surface area contributed by atoms with Gasteiger partial charge in [-0.3, -0.25) is 4.79 Å². The van der Waals surface area contributed by atoms with Crippen molar-refractivity contribution in [1.29, 1.82) is 0 Å². The smallest absolute Gasteiger partial charge is 0.338 e. The molecule has 4 rings (SSSR count). The number of carbonyl (C=O) groups is 1. The molecular weight excluding hydrogens is 396 g/mol. The number of thiophene rings is 1. The molecule has 2 aromatic carbocycles. The Kier molecular flexibility index (Phi) is 6.25. The number of nitrogens with one attached hydrogen (secondary N) is 1. The van der Waals surface area contributed by atoms with Gasteiger partial charge < -0.3 is 14.6 Å². The topological polar surface area (TPSA) is 62.6 Å². The predicted octanol–water partition coefficient (Wildman–Crippen LogP) is 5.00. The fourth-order valence-corrected chi connectivity index (χ4v) is 4.05. The Morgan fingerprint density at radius 1 is 1.00 bits per heavy atom. The maximum absolute atomic E-state index is 13.0. The van der Waals surface area contributed by atoms with Gasteiger partial charge in [0.1, 0.15) is 5.58 Å². The lowest BCUT2D eigenvalue weighted by Gasteiger charge is -2.22. The lowest BCUT2D eigenvalue weighted by molar-refractivity contribution is 0.0747. The molecule has 5 nitrogen and oxygen atoms in total. The van der Waals surface area contributed by atoms with Crippen molar-refractivity contribution in [3.8, 4) is 0 Å². The third-order valence-electron chi connectivity index (χ3n) is 4.81. The van der Waals surface area contributed by atoms with Crippen molar-refractivity contribution in [1.82, 2.24) is 4.90 Å². The molecule has 0 aliphatic heterocycles. The van der Waals surface area contributed by atoms with Crippen LogP contribution >= 0.6 is 11.3 Å². The van der Waals surface area contributed by atoms with Gasteiger partial charge in [0, 0.05) is 31.1 Å². The average Bonchev–Trinajstić information content (AvgIpc) is 3.31. The van der Waals surface area contributed by atoms with Gasteiger partial charge in [-0.1, -0.05) is 48.5 Å². The van der Waals surface area contributed by atoms with Crippen molar-refractivity contribution in [3.63, 3.8) is 0 Å². The van der Waals surface area contributed by atoms with E-state index in [0.29, 0.717) is 25.2 Å². The number of hydrogen-bond donors (Lipinski definition) is 1. The van der Waals surface area contributed by atoms with E-state index < -0.39 is 0 Å². The lowest BCUT2D eigenvalue weighted by Crippen LogP contribution is -2.32. The molecule has 0 radical (unpaired) electrons. The van der Waals surface area contributed by atoms with Gasteiger partial charge >= 0.3 is 5.63 Å². The van der Waals surface area contributed by atoms with Crippen LogP contribution in [0.4, 0.5) is 5.69 Å². The zero-order chi connectivity index (χ0) is 20.8. The summed E-state index contributed by atoms with van der Waals surface area (Å²) in [6.45, 7) is 1.81. The number of hydrogen-bond acceptors (Lipinski definition) is 5. The first-order valence-corrected chi connectivity index (χ1v) is 10.7. The Morgan fingerprint density at radius 2 is 1.80 bits per heavy atom. The molecule has 0 atom stereocenters. The summed E-state index contributed by atoms with van der Waals surface area (Å²) < 4.78 is 5.24. The quantitative estimate of drug-likeness (QED) is 0.323. The van der Waals surface area contributed by atoms with Crippen LogP contribution < -0.4 is 10.9 Å². The molecule has 0 fully saturated rings. The molecule has 1 amide bonds. The molecule has 6 heteroatoms. The Hall–Kier alpha value is -3.38. The first-order chi connectivity index (χ1) is 14.7. The van der Waals surface area contributed by atoms with Crippen LogP contribution in [0, 0.1) is 0 Å². The van der Waals surface area contributed by atoms with Crippen LogP contribution in [0.2, 0.25) is 0 Å². The van der Waals surface area contributed by atoms with E-state index in [0.717, 1.165) is 27.9 Å². The van der Waals surface area contributed by atoms with E-state index in [1.165, 1.54) is 17.4 Å². The normalized spacial score (nSPS) is 10.8. The molecule has 0 spiro atoms. The second-order valence-electron chi connectivity index (χ2n) is 6.95. The van der Waals surface area contributed by atoms with Gasteiger partial charge in [-0.15, -0.1) is 11.3 Å². The van der Waals surface area contributed by atoms with Crippen LogP contribution in [-0.4, -0.2) is 23.9 Å². The SMILES string of the molecule is O=C(c1cccs1)N(CCCNc1cc(=O)oc2ccccc12)Cc1ccccc1. The predicted molar refractivity (Wildman–Crippen MR) is 121 cm³/mol. The van der Waals surface area contributed by atoms with Crippen LogP contribution in [0.3, 0.4) is 0 Å². The number of nitrogens with zero attached hydrogens (tertiary/aromatic N) is 1. The minimum atomic E-state index is -0.380. The highest BCUT2D eigenvalue weighted by Crippen LogP contribution is 2.21. The molecule has 152 valence electrons. The van der Waals surface area contributed by atoms with Crippen molar-refractivity contribution in [2.45, 2.75) is 13.0 Å². The Balaban J connectivity index is 1.43. The van der Waals surface area contributed by atoms with Crippen LogP contribution in [0.25, 0.3) is 11.0 Å². The Labute approximate surface area is 178 Å². The van der Waals surface area contributed by atoms with E-state index in [2.05, 4.69) is 5.32 Å². The monoisotopic (exact) mass is 418 g/mol. The van der Waals surface area contributed by atoms with Gasteiger partial charge in [0.2, 0.25) is 0 Å². The highest BCUT2D eigenvalue weighted by Gasteiger charge is 2.17. The number of rotatable bonds is 8. The third kappa shape index (κ3) is 4.78. The molecule has 1 N–H and O–H groups in total. The zero-order valence-corrected chi connectivity index (χ0v) is 17.2. The van der Waals surface area contributed by atoms with Crippen molar-refractivity contribution >= 4 is 33.9 Å². The summed E-state index contributed by atoms with van der Waals surface area (Å²) in [6.07, 6.45) is 0.749. The highest BCUT2D eigenvalue weighted by atomic mass is 32.1. The molecular formula is C24H22N2O3S. The number of fused-ring (bicyclic) bond motifs is 1. The summed E-state index contributed by atoms with van der Waals surface area (Å²) in [5, 5.41) is 6.11. The molecule has 0 aliphatic rings. The van der Waals surface area contributed by atoms with Crippen molar-refractivity contribution in [2.75, 3.05) is 18.4 Å². The standard InChI is InChI=1S/C24H22N2O3S/c27-23-16-20(19-10-4-5-11-21(19)29-23)25-13-7-14-26(17-18-8-2-1-3-9-18)24(28)22-12-6-15-30-22/h1-6,8-12,15-16,25H,7,13-14,17H2. The van der Waals surface area contributed by atoms with Gasteiger partial charge in [0.25, 0.3) is 5.91 Å². The number of anilines is 1. The maximum atomic E-state index is 13.0. The summed E-state index contributed by atoms with van der Waals surface area (Å²) in [4.78, 5) is 27.4. The number of carbonyl (C=O) groups excluding carboxylic acids is 1. The van der Waals surface area contributed by atoms with Crippen molar-refractivity contribution in [3.05, 3.63) is 99.0 Å². The van der Waals surface area contributed by atoms with Crippen LogP contribution in [0.5, 0.6) is 0 Å². The minimum Gasteiger partial charge on any atom is -0.423 e. The molecule has 2 aromatic heterocycles. The summed E-state index contributed by atoms with van der Waals surface area (Å²) in [5.74, 6) is 0.0414. The van der Waals surface area contributed by atoms with Gasteiger partial charge in [-0.25, -0.2) is 4.79 Å². The molecule has 0 bridgehead atoms. The third-order valence-corrected chi connectivity index (χ3v) is 5.66. The van der Waals surface area contributed by atoms with E-state index in [-0.39, 0.29) is 11.5 Å². The maximum Gasteiger partial charge on any atom is 0.338 e. The molecule has 4 aromatic rings. The summed E-state index contributed by atoms with van der Waals surface area (Å²) in [7, 11) is 0. The number of amides is 1. The Bertz CT molecular complexity index is 1170. The van der Waals surface area contributed by atoms with Gasteiger partial charge in [0.15, 0.2) is 0 Å². The van der Waals surface area contributed by atoms with E-state index in [1.807, 2.05) is 70.9 Å². The zero-order valence-electron chi connectivity index (χ0n) is 16.4. The van der Waals surface area contributed by atoms with Crippen LogP contribution in [-0.2, 0) is 6.54 Å². The largest absolute Gasteiger partial charge is 0.423 e. The van der Waals surface area contributed by atoms with Crippen molar-refractivity contribution < 1.29 is 9.21 Å². The van der Waals surface area contributed by atoms with Gasteiger partial charge in [0.05, 0.1) is 10.6 Å². The molecule has 0 saturated carbocycles. The molecule has 0 aliphatic carbocycles. The first kappa shape index (κ1) is 19.9. The summed E-state index contributed by atoms with van der Waals surface area (Å²) >= 11 is 1.46. The van der Waals surface area contributed by atoms with E-state index in [1.54, 1.807) is 6.07 Å². The molecule has 0 saturated heterocycles. The van der Waals surface area contributed by atoms with E-state index in [9.17, 15) is 9.59 Å². The second-order valence-corrected chi connectivity index (χ2v) is 7.89. The average molecular weight is 419 g/mol. The van der Waals surface area contributed by atoms with Gasteiger partial charge in [-0.05, 0) is 35.6 Å². The Morgan fingerprint density at radius 3 is 2.60 bits per heavy atom. The van der Waals surface area contributed by atoms with E-state index >= 15 is 0 Å². The number of benzene rings is 2. The minimum absolute atomic E-state index is 0.0414. The molecule has 2 heterocycles. The lowest BCUT2D eigenvalue weighted by atomic mass is 10.2. The fourth-order valence-electron chi connectivity index (χ4n) is 3.36. The molecule has 0 unspecified atom stereocenters. The number of para-hydroxylation sites is 1. The van der Waals surface area contributed by atoms with Crippen LogP contribution in [0.15, 0.2) is 87.4 Å². The van der Waals surface area contributed by atoms with Crippen molar-refractivity contribution in [2.24, 2.45) is 0 Å². The first-order valence-electron chi connectivity index (χ1n) is 9.84. The summed E-state index contributed by atoms with van der Waals surface area (Å²) in [5.41, 5.74) is 2.03. The highest BCUT2D eigenvalue weighted by molar-refractivity contribution is 7.12. The fraction of sp³-hybridized carbons (Fsp3) is 0.167. The van der Waals surface area contributed by atoms with E-state index in [4.69, 9.17) is 4.42 Å². The summed E-state index contributed by atoms with van der Waals surface area (Å²) in [6, 6.07) is 22.7. The van der Waals surface area contributed by atoms with Gasteiger partial charge in [-0.2, -0.15) is 0 Å². The van der Waals surface area contributed by atoms with Crippen LogP contribution in [0.1, 0.15) is 21.7 Å². The second kappa shape index (κ2) is 9.41.